The Labute approximate surface area is 179 Å². The lowest BCUT2D eigenvalue weighted by molar-refractivity contribution is 0.359. The average molecular weight is 427 g/mol. The monoisotopic (exact) mass is 426 g/mol. The molecule has 0 radical (unpaired) electrons. The maximum atomic E-state index is 14.3. The number of halogens is 2. The number of anilines is 2. The summed E-state index contributed by atoms with van der Waals surface area (Å²) in [5.74, 6) is 1.17. The highest BCUT2D eigenvalue weighted by Crippen LogP contribution is 2.25. The summed E-state index contributed by atoms with van der Waals surface area (Å²) < 4.78 is 18.0. The molecule has 6 nitrogen and oxygen atoms in total. The SMILES string of the molecule is Cc1cc(Nc2ccc3nc(C)c(Cc4ccc(Cl)cc4F)n3n2)n(C(C)(C)C)n1. The minimum Gasteiger partial charge on any atom is -0.324 e. The number of imidazole rings is 1. The maximum Gasteiger partial charge on any atom is 0.154 e. The zero-order valence-corrected chi connectivity index (χ0v) is 18.4. The van der Waals surface area contributed by atoms with Crippen LogP contribution in [-0.2, 0) is 12.0 Å². The molecule has 0 saturated carbocycles. The molecule has 0 fully saturated rings. The van der Waals surface area contributed by atoms with Gasteiger partial charge in [-0.1, -0.05) is 17.7 Å². The van der Waals surface area contributed by atoms with E-state index in [1.165, 1.54) is 6.07 Å². The lowest BCUT2D eigenvalue weighted by atomic mass is 10.1. The molecule has 0 bridgehead atoms. The molecular formula is C22H24ClFN6. The van der Waals surface area contributed by atoms with E-state index in [-0.39, 0.29) is 11.4 Å². The van der Waals surface area contributed by atoms with E-state index in [0.717, 1.165) is 22.9 Å². The fourth-order valence-electron chi connectivity index (χ4n) is 3.44. The van der Waals surface area contributed by atoms with Crippen molar-refractivity contribution in [1.29, 1.82) is 0 Å². The summed E-state index contributed by atoms with van der Waals surface area (Å²) in [4.78, 5) is 4.57. The van der Waals surface area contributed by atoms with Crippen molar-refractivity contribution in [1.82, 2.24) is 24.4 Å². The van der Waals surface area contributed by atoms with E-state index in [2.05, 4.69) is 36.2 Å². The van der Waals surface area contributed by atoms with Crippen LogP contribution in [-0.4, -0.2) is 24.4 Å². The van der Waals surface area contributed by atoms with Gasteiger partial charge in [0.1, 0.15) is 11.6 Å². The maximum absolute atomic E-state index is 14.3. The Hall–Kier alpha value is -2.93. The molecule has 3 aromatic heterocycles. The normalized spacial score (nSPS) is 12.0. The Morgan fingerprint density at radius 3 is 2.53 bits per heavy atom. The highest BCUT2D eigenvalue weighted by atomic mass is 35.5. The largest absolute Gasteiger partial charge is 0.324 e. The Bertz CT molecular complexity index is 1230. The molecule has 0 amide bonds. The van der Waals surface area contributed by atoms with Gasteiger partial charge in [0.05, 0.1) is 22.6 Å². The quantitative estimate of drug-likeness (QED) is 0.473. The molecule has 0 spiro atoms. The molecule has 156 valence electrons. The first kappa shape index (κ1) is 20.3. The third-order valence-electron chi connectivity index (χ3n) is 4.87. The van der Waals surface area contributed by atoms with Crippen molar-refractivity contribution in [2.45, 2.75) is 46.6 Å². The molecule has 4 rings (SSSR count). The molecule has 0 atom stereocenters. The van der Waals surface area contributed by atoms with Crippen molar-refractivity contribution < 1.29 is 4.39 Å². The second-order valence-electron chi connectivity index (χ2n) is 8.42. The molecule has 0 unspecified atom stereocenters. The summed E-state index contributed by atoms with van der Waals surface area (Å²) in [5, 5.41) is 13.0. The first-order valence-electron chi connectivity index (χ1n) is 9.75. The first-order chi connectivity index (χ1) is 14.1. The average Bonchev–Trinajstić information content (AvgIpc) is 3.17. The van der Waals surface area contributed by atoms with Crippen molar-refractivity contribution in [2.24, 2.45) is 0 Å². The summed E-state index contributed by atoms with van der Waals surface area (Å²) in [6, 6.07) is 10.5. The number of aryl methyl sites for hydroxylation is 2. The van der Waals surface area contributed by atoms with Crippen molar-refractivity contribution in [3.05, 3.63) is 69.9 Å². The Balaban J connectivity index is 1.72. The summed E-state index contributed by atoms with van der Waals surface area (Å²) in [7, 11) is 0. The molecule has 0 aliphatic heterocycles. The van der Waals surface area contributed by atoms with Gasteiger partial charge in [-0.2, -0.15) is 5.10 Å². The van der Waals surface area contributed by atoms with Crippen LogP contribution < -0.4 is 5.32 Å². The van der Waals surface area contributed by atoms with E-state index < -0.39 is 0 Å². The fraction of sp³-hybridized carbons (Fsp3) is 0.318. The minimum atomic E-state index is -0.337. The van der Waals surface area contributed by atoms with Gasteiger partial charge < -0.3 is 5.32 Å². The number of rotatable bonds is 4. The minimum absolute atomic E-state index is 0.177. The van der Waals surface area contributed by atoms with Crippen molar-refractivity contribution in [3.8, 4) is 0 Å². The topological polar surface area (TPSA) is 60.0 Å². The highest BCUT2D eigenvalue weighted by Gasteiger charge is 2.20. The molecule has 30 heavy (non-hydrogen) atoms. The molecular weight excluding hydrogens is 403 g/mol. The van der Waals surface area contributed by atoms with E-state index >= 15 is 0 Å². The van der Waals surface area contributed by atoms with Gasteiger partial charge in [0.15, 0.2) is 11.5 Å². The van der Waals surface area contributed by atoms with Gasteiger partial charge in [0.2, 0.25) is 0 Å². The number of hydrogen-bond donors (Lipinski definition) is 1. The molecule has 0 saturated heterocycles. The summed E-state index contributed by atoms with van der Waals surface area (Å²) in [5.41, 5.74) is 3.64. The summed E-state index contributed by atoms with van der Waals surface area (Å²) in [6.07, 6.45) is 0.367. The summed E-state index contributed by atoms with van der Waals surface area (Å²) in [6.45, 7) is 10.2. The Kier molecular flexibility index (Phi) is 5.02. The first-order valence-corrected chi connectivity index (χ1v) is 10.1. The molecule has 0 aliphatic carbocycles. The molecule has 1 N–H and O–H groups in total. The van der Waals surface area contributed by atoms with Crippen molar-refractivity contribution in [2.75, 3.05) is 5.32 Å². The number of hydrogen-bond acceptors (Lipinski definition) is 4. The zero-order valence-electron chi connectivity index (χ0n) is 17.7. The van der Waals surface area contributed by atoms with Crippen LogP contribution in [0.15, 0.2) is 36.4 Å². The smallest absolute Gasteiger partial charge is 0.154 e. The molecule has 3 heterocycles. The lowest BCUT2D eigenvalue weighted by Gasteiger charge is -2.22. The van der Waals surface area contributed by atoms with Gasteiger partial charge in [-0.15, -0.1) is 5.10 Å². The second kappa shape index (κ2) is 7.40. The van der Waals surface area contributed by atoms with Gasteiger partial charge in [-0.3, -0.25) is 0 Å². The third kappa shape index (κ3) is 3.89. The van der Waals surface area contributed by atoms with Crippen LogP contribution >= 0.6 is 11.6 Å². The standard InChI is InChI=1S/C22H24ClFN6/c1-13-10-21(30(27-13)22(3,4)5)26-19-8-9-20-25-14(2)18(29(20)28-19)11-15-6-7-16(23)12-17(15)24/h6-10,12H,11H2,1-5H3,(H,26,28). The predicted octanol–water partition coefficient (Wildman–Crippen LogP) is 5.42. The number of aromatic nitrogens is 5. The van der Waals surface area contributed by atoms with Crippen LogP contribution in [0.2, 0.25) is 5.02 Å². The van der Waals surface area contributed by atoms with Gasteiger partial charge in [0.25, 0.3) is 0 Å². The van der Waals surface area contributed by atoms with Crippen LogP contribution in [0.25, 0.3) is 5.65 Å². The third-order valence-corrected chi connectivity index (χ3v) is 5.10. The van der Waals surface area contributed by atoms with Gasteiger partial charge in [-0.25, -0.2) is 18.6 Å². The van der Waals surface area contributed by atoms with E-state index in [0.29, 0.717) is 28.5 Å². The number of nitrogens with one attached hydrogen (secondary N) is 1. The van der Waals surface area contributed by atoms with Crippen LogP contribution in [0.4, 0.5) is 16.0 Å². The predicted molar refractivity (Wildman–Crippen MR) is 117 cm³/mol. The lowest BCUT2D eigenvalue weighted by Crippen LogP contribution is -2.24. The van der Waals surface area contributed by atoms with E-state index in [1.807, 2.05) is 36.7 Å². The highest BCUT2D eigenvalue weighted by molar-refractivity contribution is 6.30. The number of benzene rings is 1. The zero-order chi connectivity index (χ0) is 21.6. The molecule has 1 aromatic carbocycles. The van der Waals surface area contributed by atoms with E-state index in [4.69, 9.17) is 16.7 Å². The van der Waals surface area contributed by atoms with Crippen molar-refractivity contribution >= 4 is 28.9 Å². The van der Waals surface area contributed by atoms with Crippen LogP contribution in [0, 0.1) is 19.7 Å². The van der Waals surface area contributed by atoms with Crippen LogP contribution in [0.3, 0.4) is 0 Å². The van der Waals surface area contributed by atoms with Crippen LogP contribution in [0.5, 0.6) is 0 Å². The van der Waals surface area contributed by atoms with Gasteiger partial charge in [0, 0.05) is 17.5 Å². The van der Waals surface area contributed by atoms with Crippen molar-refractivity contribution in [3.63, 3.8) is 0 Å². The summed E-state index contributed by atoms with van der Waals surface area (Å²) >= 11 is 5.88. The molecule has 4 aromatic rings. The number of nitrogens with zero attached hydrogens (tertiary/aromatic N) is 5. The van der Waals surface area contributed by atoms with Crippen LogP contribution in [0.1, 0.15) is 43.4 Å². The second-order valence-corrected chi connectivity index (χ2v) is 8.86. The number of fused-ring (bicyclic) bond motifs is 1. The van der Waals surface area contributed by atoms with Gasteiger partial charge >= 0.3 is 0 Å². The van der Waals surface area contributed by atoms with E-state index in [1.54, 1.807) is 16.6 Å². The Morgan fingerprint density at radius 2 is 1.83 bits per heavy atom. The Morgan fingerprint density at radius 1 is 1.07 bits per heavy atom. The fourth-order valence-corrected chi connectivity index (χ4v) is 3.59. The van der Waals surface area contributed by atoms with Gasteiger partial charge in [-0.05, 0) is 64.4 Å². The molecule has 0 aliphatic rings. The molecule has 8 heteroatoms. The van der Waals surface area contributed by atoms with E-state index in [9.17, 15) is 4.39 Å².